The van der Waals surface area contributed by atoms with Crippen LogP contribution in [0.1, 0.15) is 24.0 Å². The van der Waals surface area contributed by atoms with E-state index in [0.29, 0.717) is 11.3 Å². The third kappa shape index (κ3) is 4.32. The van der Waals surface area contributed by atoms with Crippen molar-refractivity contribution < 1.29 is 24.2 Å². The van der Waals surface area contributed by atoms with Crippen molar-refractivity contribution in [3.05, 3.63) is 65.6 Å². The normalized spacial score (nSPS) is 12.5. The van der Waals surface area contributed by atoms with Gasteiger partial charge >= 0.3 is 5.97 Å². The molecule has 3 aromatic rings. The molecule has 0 saturated carbocycles. The molecule has 1 unspecified atom stereocenters. The SMILES string of the molecule is Cc1c(C=CC(O)CC(=O)CC(=O)O)c(-c2ccc(F)cc2)nn2cccc12. The van der Waals surface area contributed by atoms with Crippen molar-refractivity contribution in [2.45, 2.75) is 25.9 Å². The first-order valence-electron chi connectivity index (χ1n) is 8.69. The zero-order valence-electron chi connectivity index (χ0n) is 15.2. The van der Waals surface area contributed by atoms with Crippen molar-refractivity contribution in [3.63, 3.8) is 0 Å². The van der Waals surface area contributed by atoms with Crippen LogP contribution in [0.2, 0.25) is 0 Å². The molecule has 6 nitrogen and oxygen atoms in total. The molecule has 2 N–H and O–H groups in total. The third-order valence-corrected chi connectivity index (χ3v) is 4.37. The van der Waals surface area contributed by atoms with E-state index in [9.17, 15) is 19.1 Å². The van der Waals surface area contributed by atoms with Crippen LogP contribution in [0, 0.1) is 12.7 Å². The zero-order valence-corrected chi connectivity index (χ0v) is 15.2. The van der Waals surface area contributed by atoms with E-state index in [4.69, 9.17) is 5.11 Å². The molecule has 0 fully saturated rings. The van der Waals surface area contributed by atoms with Gasteiger partial charge in [-0.1, -0.05) is 12.2 Å². The first-order valence-corrected chi connectivity index (χ1v) is 8.69. The number of hydrogen-bond donors (Lipinski definition) is 2. The Kier molecular flexibility index (Phi) is 5.65. The van der Waals surface area contributed by atoms with Crippen LogP contribution in [0.25, 0.3) is 22.9 Å². The second kappa shape index (κ2) is 8.14. The predicted octanol–water partition coefficient (Wildman–Crippen LogP) is 3.26. The van der Waals surface area contributed by atoms with Crippen LogP contribution in [0.3, 0.4) is 0 Å². The number of Topliss-reactive ketones (excluding diaryl/α,β-unsaturated/α-hetero) is 1. The standard InChI is InChI=1S/C21H19FN2O4/c1-13-18(9-8-16(25)11-17(26)12-20(27)28)21(14-4-6-15(22)7-5-14)23-24-10-2-3-19(13)24/h2-10,16,25H,11-12H2,1H3,(H,27,28). The second-order valence-electron chi connectivity index (χ2n) is 6.47. The van der Waals surface area contributed by atoms with E-state index in [2.05, 4.69) is 5.10 Å². The van der Waals surface area contributed by atoms with Crippen LogP contribution in [0.4, 0.5) is 4.39 Å². The number of ketones is 1. The van der Waals surface area contributed by atoms with Crippen molar-refractivity contribution in [2.24, 2.45) is 0 Å². The molecule has 0 aliphatic carbocycles. The second-order valence-corrected chi connectivity index (χ2v) is 6.47. The number of halogens is 1. The van der Waals surface area contributed by atoms with Gasteiger partial charge in [-0.2, -0.15) is 5.10 Å². The Bertz CT molecular complexity index is 1050. The van der Waals surface area contributed by atoms with Gasteiger partial charge in [-0.05, 0) is 48.9 Å². The highest BCUT2D eigenvalue weighted by molar-refractivity contribution is 5.95. The Morgan fingerprint density at radius 2 is 1.96 bits per heavy atom. The molecule has 0 aliphatic rings. The minimum absolute atomic E-state index is 0.283. The summed E-state index contributed by atoms with van der Waals surface area (Å²) in [6.07, 6.45) is 2.89. The van der Waals surface area contributed by atoms with Gasteiger partial charge in [0.1, 0.15) is 18.0 Å². The van der Waals surface area contributed by atoms with Gasteiger partial charge in [0.05, 0.1) is 17.3 Å². The van der Waals surface area contributed by atoms with Gasteiger partial charge in [-0.3, -0.25) is 9.59 Å². The molecule has 28 heavy (non-hydrogen) atoms. The molecule has 144 valence electrons. The van der Waals surface area contributed by atoms with Crippen molar-refractivity contribution in [1.82, 2.24) is 9.61 Å². The van der Waals surface area contributed by atoms with E-state index in [-0.39, 0.29) is 12.2 Å². The van der Waals surface area contributed by atoms with E-state index in [1.165, 1.54) is 18.2 Å². The maximum absolute atomic E-state index is 13.3. The summed E-state index contributed by atoms with van der Waals surface area (Å²) < 4.78 is 15.0. The summed E-state index contributed by atoms with van der Waals surface area (Å²) in [4.78, 5) is 22.2. The number of carbonyl (C=O) groups excluding carboxylic acids is 1. The molecular formula is C21H19FN2O4. The monoisotopic (exact) mass is 382 g/mol. The average molecular weight is 382 g/mol. The van der Waals surface area contributed by atoms with Crippen LogP contribution in [0.5, 0.6) is 0 Å². The molecule has 2 heterocycles. The van der Waals surface area contributed by atoms with Crippen molar-refractivity contribution in [1.29, 1.82) is 0 Å². The lowest BCUT2D eigenvalue weighted by Gasteiger charge is -2.12. The Morgan fingerprint density at radius 1 is 1.25 bits per heavy atom. The molecule has 1 aromatic carbocycles. The molecule has 3 rings (SSSR count). The minimum Gasteiger partial charge on any atom is -0.481 e. The van der Waals surface area contributed by atoms with Gasteiger partial charge in [-0.15, -0.1) is 0 Å². The highest BCUT2D eigenvalue weighted by Crippen LogP contribution is 2.28. The molecular weight excluding hydrogens is 363 g/mol. The summed E-state index contributed by atoms with van der Waals surface area (Å²) in [7, 11) is 0. The first-order chi connectivity index (χ1) is 13.3. The van der Waals surface area contributed by atoms with Gasteiger partial charge in [0, 0.05) is 23.7 Å². The fourth-order valence-electron chi connectivity index (χ4n) is 3.01. The van der Waals surface area contributed by atoms with E-state index >= 15 is 0 Å². The maximum atomic E-state index is 13.3. The molecule has 1 atom stereocenters. The lowest BCUT2D eigenvalue weighted by molar-refractivity contribution is -0.140. The molecule has 0 saturated heterocycles. The number of carboxylic acid groups (broad SMARTS) is 1. The van der Waals surface area contributed by atoms with E-state index < -0.39 is 24.3 Å². The lowest BCUT2D eigenvalue weighted by atomic mass is 10.00. The number of aryl methyl sites for hydroxylation is 1. The summed E-state index contributed by atoms with van der Waals surface area (Å²) in [5, 5.41) is 23.3. The number of hydrogen-bond acceptors (Lipinski definition) is 4. The van der Waals surface area contributed by atoms with Crippen molar-refractivity contribution >= 4 is 23.3 Å². The topological polar surface area (TPSA) is 91.9 Å². The number of fused-ring (bicyclic) bond motifs is 1. The minimum atomic E-state index is -1.22. The molecule has 2 aromatic heterocycles. The van der Waals surface area contributed by atoms with Crippen molar-refractivity contribution in [2.75, 3.05) is 0 Å². The third-order valence-electron chi connectivity index (χ3n) is 4.37. The first kappa shape index (κ1) is 19.4. The van der Waals surface area contributed by atoms with Crippen molar-refractivity contribution in [3.8, 4) is 11.3 Å². The number of aliphatic carboxylic acids is 1. The van der Waals surface area contributed by atoms with Crippen LogP contribution >= 0.6 is 0 Å². The Labute approximate surface area is 160 Å². The Morgan fingerprint density at radius 3 is 2.64 bits per heavy atom. The van der Waals surface area contributed by atoms with Crippen LogP contribution in [-0.2, 0) is 9.59 Å². The fourth-order valence-corrected chi connectivity index (χ4v) is 3.01. The maximum Gasteiger partial charge on any atom is 0.310 e. The van der Waals surface area contributed by atoms with E-state index in [0.717, 1.165) is 16.6 Å². The highest BCUT2D eigenvalue weighted by atomic mass is 19.1. The lowest BCUT2D eigenvalue weighted by Crippen LogP contribution is -2.14. The summed E-state index contributed by atoms with van der Waals surface area (Å²) in [6, 6.07) is 9.70. The smallest absolute Gasteiger partial charge is 0.310 e. The van der Waals surface area contributed by atoms with E-state index in [1.54, 1.807) is 22.7 Å². The number of aromatic nitrogens is 2. The molecule has 0 spiro atoms. The largest absolute Gasteiger partial charge is 0.481 e. The summed E-state index contributed by atoms with van der Waals surface area (Å²) >= 11 is 0. The average Bonchev–Trinajstić information content (AvgIpc) is 3.09. The molecule has 0 bridgehead atoms. The Hall–Kier alpha value is -3.32. The highest BCUT2D eigenvalue weighted by Gasteiger charge is 2.15. The van der Waals surface area contributed by atoms with Gasteiger partial charge < -0.3 is 10.2 Å². The van der Waals surface area contributed by atoms with Gasteiger partial charge in [-0.25, -0.2) is 8.91 Å². The molecule has 0 aliphatic heterocycles. The summed E-state index contributed by atoms with van der Waals surface area (Å²) in [5.74, 6) is -2.13. The molecule has 0 amide bonds. The van der Waals surface area contributed by atoms with Crippen LogP contribution in [0.15, 0.2) is 48.7 Å². The summed E-state index contributed by atoms with van der Waals surface area (Å²) in [5.41, 5.74) is 3.81. The number of carbonyl (C=O) groups is 2. The number of carboxylic acids is 1. The van der Waals surface area contributed by atoms with Gasteiger partial charge in [0.2, 0.25) is 0 Å². The van der Waals surface area contributed by atoms with Gasteiger partial charge in [0.25, 0.3) is 0 Å². The van der Waals surface area contributed by atoms with E-state index in [1.807, 2.05) is 25.3 Å². The predicted molar refractivity (Wildman–Crippen MR) is 102 cm³/mol. The van der Waals surface area contributed by atoms with Crippen LogP contribution < -0.4 is 0 Å². The number of benzene rings is 1. The Balaban J connectivity index is 1.97. The number of aliphatic hydroxyl groups is 1. The quantitative estimate of drug-likeness (QED) is 0.612. The van der Waals surface area contributed by atoms with Crippen LogP contribution in [-0.4, -0.2) is 37.7 Å². The molecule has 0 radical (unpaired) electrons. The number of aliphatic hydroxyl groups excluding tert-OH is 1. The van der Waals surface area contributed by atoms with Gasteiger partial charge in [0.15, 0.2) is 0 Å². The fraction of sp³-hybridized carbons (Fsp3) is 0.190. The summed E-state index contributed by atoms with van der Waals surface area (Å²) in [6.45, 7) is 1.91. The molecule has 7 heteroatoms. The number of rotatable bonds is 7. The zero-order chi connectivity index (χ0) is 20.3. The number of nitrogens with zero attached hydrogens (tertiary/aromatic N) is 2.